The third-order valence-corrected chi connectivity index (χ3v) is 4.83. The van der Waals surface area contributed by atoms with Gasteiger partial charge in [0.2, 0.25) is 0 Å². The average molecular weight is 300 g/mol. The van der Waals surface area contributed by atoms with Crippen LogP contribution in [0, 0.1) is 13.8 Å². The number of thiophene rings is 1. The van der Waals surface area contributed by atoms with Gasteiger partial charge in [-0.2, -0.15) is 0 Å². The number of hydrogen-bond donors (Lipinski definition) is 1. The highest BCUT2D eigenvalue weighted by Crippen LogP contribution is 2.25. The second-order valence-corrected chi connectivity index (χ2v) is 6.30. The van der Waals surface area contributed by atoms with Crippen LogP contribution in [-0.4, -0.2) is 14.7 Å². The minimum atomic E-state index is -0.719. The van der Waals surface area contributed by atoms with E-state index >= 15 is 0 Å². The fourth-order valence-electron chi connectivity index (χ4n) is 2.37. The van der Waals surface area contributed by atoms with E-state index in [9.17, 15) is 9.90 Å². The maximum Gasteiger partial charge on any atom is 0.262 e. The van der Waals surface area contributed by atoms with Gasteiger partial charge in [0, 0.05) is 4.88 Å². The molecule has 108 valence electrons. The van der Waals surface area contributed by atoms with Crippen molar-refractivity contribution in [2.45, 2.75) is 26.5 Å². The van der Waals surface area contributed by atoms with Crippen LogP contribution < -0.4 is 5.56 Å². The largest absolute Gasteiger partial charge is 0.387 e. The van der Waals surface area contributed by atoms with Gasteiger partial charge in [0.15, 0.2) is 0 Å². The highest BCUT2D eigenvalue weighted by molar-refractivity contribution is 7.18. The Morgan fingerprint density at radius 2 is 2.00 bits per heavy atom. The van der Waals surface area contributed by atoms with E-state index in [1.54, 1.807) is 0 Å². The summed E-state index contributed by atoms with van der Waals surface area (Å²) in [6, 6.07) is 9.33. The van der Waals surface area contributed by atoms with Gasteiger partial charge in [-0.05, 0) is 25.0 Å². The van der Waals surface area contributed by atoms with Gasteiger partial charge in [-0.15, -0.1) is 11.3 Å². The number of aliphatic hydroxyl groups is 1. The van der Waals surface area contributed by atoms with Crippen LogP contribution >= 0.6 is 11.3 Å². The second kappa shape index (κ2) is 5.42. The number of aryl methyl sites for hydroxylation is 2. The Balaban J connectivity index is 2.00. The molecule has 0 amide bonds. The smallest absolute Gasteiger partial charge is 0.262 e. The first-order chi connectivity index (χ1) is 10.1. The number of fused-ring (bicyclic) bond motifs is 1. The lowest BCUT2D eigenvalue weighted by Crippen LogP contribution is -2.23. The molecule has 0 aliphatic rings. The van der Waals surface area contributed by atoms with Gasteiger partial charge in [-0.3, -0.25) is 9.36 Å². The normalized spacial score (nSPS) is 12.7. The molecule has 4 nitrogen and oxygen atoms in total. The molecule has 0 aliphatic carbocycles. The summed E-state index contributed by atoms with van der Waals surface area (Å²) in [5, 5.41) is 10.9. The first kappa shape index (κ1) is 14.0. The van der Waals surface area contributed by atoms with Crippen molar-refractivity contribution in [3.8, 4) is 0 Å². The zero-order valence-electron chi connectivity index (χ0n) is 11.9. The number of aromatic nitrogens is 2. The molecule has 3 aromatic rings. The molecule has 21 heavy (non-hydrogen) atoms. The highest BCUT2D eigenvalue weighted by atomic mass is 32.1. The first-order valence-corrected chi connectivity index (χ1v) is 7.57. The maximum atomic E-state index is 12.5. The van der Waals surface area contributed by atoms with Crippen LogP contribution in [0.2, 0.25) is 0 Å². The van der Waals surface area contributed by atoms with Gasteiger partial charge in [0.25, 0.3) is 5.56 Å². The second-order valence-electron chi connectivity index (χ2n) is 5.09. The summed E-state index contributed by atoms with van der Waals surface area (Å²) in [5.74, 6) is 0. The van der Waals surface area contributed by atoms with E-state index in [4.69, 9.17) is 0 Å². The van der Waals surface area contributed by atoms with Crippen LogP contribution in [0.3, 0.4) is 0 Å². The van der Waals surface area contributed by atoms with E-state index < -0.39 is 6.10 Å². The third-order valence-electron chi connectivity index (χ3n) is 3.71. The summed E-state index contributed by atoms with van der Waals surface area (Å²) >= 11 is 1.53. The third kappa shape index (κ3) is 2.50. The van der Waals surface area contributed by atoms with E-state index in [-0.39, 0.29) is 12.1 Å². The summed E-state index contributed by atoms with van der Waals surface area (Å²) in [7, 11) is 0. The van der Waals surface area contributed by atoms with Crippen LogP contribution in [0.25, 0.3) is 10.2 Å². The fourth-order valence-corrected chi connectivity index (χ4v) is 3.35. The van der Waals surface area contributed by atoms with Gasteiger partial charge in [0.1, 0.15) is 4.83 Å². The monoisotopic (exact) mass is 300 g/mol. The molecular weight excluding hydrogens is 284 g/mol. The van der Waals surface area contributed by atoms with E-state index in [1.165, 1.54) is 22.2 Å². The molecule has 0 spiro atoms. The minimum Gasteiger partial charge on any atom is -0.387 e. The van der Waals surface area contributed by atoms with Gasteiger partial charge >= 0.3 is 0 Å². The lowest BCUT2D eigenvalue weighted by molar-refractivity contribution is 0.155. The number of aliphatic hydroxyl groups excluding tert-OH is 1. The zero-order valence-corrected chi connectivity index (χ0v) is 12.7. The number of rotatable bonds is 3. The van der Waals surface area contributed by atoms with Crippen molar-refractivity contribution in [3.05, 3.63) is 63.0 Å². The van der Waals surface area contributed by atoms with Crippen LogP contribution in [-0.2, 0) is 6.54 Å². The lowest BCUT2D eigenvalue weighted by Gasteiger charge is -2.12. The summed E-state index contributed by atoms with van der Waals surface area (Å²) in [5.41, 5.74) is 1.69. The standard InChI is InChI=1S/C16H16N2O2S/c1-10-11(2)21-15-14(10)16(20)18(9-17-15)8-13(19)12-6-4-3-5-7-12/h3-7,9,13,19H,8H2,1-2H3/t13-/m0/s1. The molecule has 0 saturated heterocycles. The first-order valence-electron chi connectivity index (χ1n) is 6.76. The molecule has 0 radical (unpaired) electrons. The Morgan fingerprint density at radius 3 is 2.71 bits per heavy atom. The maximum absolute atomic E-state index is 12.5. The summed E-state index contributed by atoms with van der Waals surface area (Å²) in [6.45, 7) is 4.14. The van der Waals surface area contributed by atoms with Gasteiger partial charge < -0.3 is 5.11 Å². The predicted octanol–water partition coefficient (Wildman–Crippen LogP) is 2.81. The van der Waals surface area contributed by atoms with Crippen LogP contribution in [0.1, 0.15) is 22.1 Å². The molecule has 0 aliphatic heterocycles. The van der Waals surface area contributed by atoms with Crippen LogP contribution in [0.4, 0.5) is 0 Å². The van der Waals surface area contributed by atoms with Crippen molar-refractivity contribution < 1.29 is 5.11 Å². The molecular formula is C16H16N2O2S. The van der Waals surface area contributed by atoms with Crippen LogP contribution in [0.5, 0.6) is 0 Å². The quantitative estimate of drug-likeness (QED) is 0.809. The average Bonchev–Trinajstić information content (AvgIpc) is 2.79. The Bertz CT molecular complexity index is 837. The van der Waals surface area contributed by atoms with E-state index in [1.807, 2.05) is 44.2 Å². The molecule has 1 atom stereocenters. The topological polar surface area (TPSA) is 55.1 Å². The van der Waals surface area contributed by atoms with E-state index in [0.717, 1.165) is 20.8 Å². The SMILES string of the molecule is Cc1sc2ncn(C[C@H](O)c3ccccc3)c(=O)c2c1C. The minimum absolute atomic E-state index is 0.0863. The summed E-state index contributed by atoms with van der Waals surface area (Å²) in [4.78, 5) is 18.8. The molecule has 3 rings (SSSR count). The van der Waals surface area contributed by atoms with E-state index in [2.05, 4.69) is 4.98 Å². The highest BCUT2D eigenvalue weighted by Gasteiger charge is 2.14. The van der Waals surface area contributed by atoms with Crippen molar-refractivity contribution >= 4 is 21.6 Å². The number of nitrogens with zero attached hydrogens (tertiary/aromatic N) is 2. The molecule has 0 saturated carbocycles. The molecule has 1 N–H and O–H groups in total. The molecule has 1 aromatic carbocycles. The Labute approximate surface area is 126 Å². The van der Waals surface area contributed by atoms with Crippen molar-refractivity contribution in [1.29, 1.82) is 0 Å². The zero-order chi connectivity index (χ0) is 15.0. The van der Waals surface area contributed by atoms with Crippen molar-refractivity contribution in [1.82, 2.24) is 9.55 Å². The summed E-state index contributed by atoms with van der Waals surface area (Å²) < 4.78 is 1.49. The Morgan fingerprint density at radius 1 is 1.29 bits per heavy atom. The number of benzene rings is 1. The molecule has 0 bridgehead atoms. The van der Waals surface area contributed by atoms with Gasteiger partial charge in [-0.1, -0.05) is 30.3 Å². The molecule has 5 heteroatoms. The van der Waals surface area contributed by atoms with Crippen molar-refractivity contribution in [2.24, 2.45) is 0 Å². The Hall–Kier alpha value is -1.98. The van der Waals surface area contributed by atoms with Gasteiger partial charge in [-0.25, -0.2) is 4.98 Å². The van der Waals surface area contributed by atoms with Crippen molar-refractivity contribution in [2.75, 3.05) is 0 Å². The molecule has 2 heterocycles. The van der Waals surface area contributed by atoms with E-state index in [0.29, 0.717) is 5.39 Å². The van der Waals surface area contributed by atoms with Crippen molar-refractivity contribution in [3.63, 3.8) is 0 Å². The molecule has 0 unspecified atom stereocenters. The summed E-state index contributed by atoms with van der Waals surface area (Å²) in [6.07, 6.45) is 0.801. The predicted molar refractivity (Wildman–Crippen MR) is 84.8 cm³/mol. The van der Waals surface area contributed by atoms with Crippen LogP contribution in [0.15, 0.2) is 41.5 Å². The van der Waals surface area contributed by atoms with Gasteiger partial charge in [0.05, 0.1) is 24.4 Å². The lowest BCUT2D eigenvalue weighted by atomic mass is 10.1. The fraction of sp³-hybridized carbons (Fsp3) is 0.250. The number of hydrogen-bond acceptors (Lipinski definition) is 4. The molecule has 0 fully saturated rings. The Kier molecular flexibility index (Phi) is 3.61. The molecule has 2 aromatic heterocycles.